The van der Waals surface area contributed by atoms with Crippen LogP contribution in [0.2, 0.25) is 0 Å². The van der Waals surface area contributed by atoms with E-state index in [-0.39, 0.29) is 0 Å². The van der Waals surface area contributed by atoms with E-state index in [0.29, 0.717) is 0 Å². The van der Waals surface area contributed by atoms with Crippen molar-refractivity contribution >= 4 is 5.71 Å². The van der Waals surface area contributed by atoms with E-state index in [0.717, 1.165) is 31.8 Å². The summed E-state index contributed by atoms with van der Waals surface area (Å²) in [6, 6.07) is 0. The summed E-state index contributed by atoms with van der Waals surface area (Å²) in [4.78, 5) is 0. The number of nitrogens with zero attached hydrogens (tertiary/aromatic N) is 1. The Bertz CT molecular complexity index is 125. The van der Waals surface area contributed by atoms with E-state index in [9.17, 15) is 0 Å². The lowest BCUT2D eigenvalue weighted by atomic mass is 9.99. The second-order valence-corrected chi connectivity index (χ2v) is 3.01. The van der Waals surface area contributed by atoms with Crippen LogP contribution in [0.4, 0.5) is 0 Å². The average Bonchev–Trinajstić information content (AvgIpc) is 2.21. The summed E-state index contributed by atoms with van der Waals surface area (Å²) in [7, 11) is 0. The highest BCUT2D eigenvalue weighted by Crippen LogP contribution is 2.13. The molecule has 0 amide bonds. The van der Waals surface area contributed by atoms with Crippen molar-refractivity contribution in [3.63, 3.8) is 0 Å². The molecule has 0 radical (unpaired) electrons. The van der Waals surface area contributed by atoms with E-state index >= 15 is 0 Å². The van der Waals surface area contributed by atoms with Crippen LogP contribution in [0.5, 0.6) is 0 Å². The molecule has 0 saturated heterocycles. The SMILES string of the molecule is CCOCC.ON=C1CCCCC1. The van der Waals surface area contributed by atoms with Gasteiger partial charge in [0.25, 0.3) is 0 Å². The molecule has 1 aliphatic carbocycles. The van der Waals surface area contributed by atoms with Gasteiger partial charge in [-0.25, -0.2) is 0 Å². The molecule has 1 aliphatic rings. The lowest BCUT2D eigenvalue weighted by molar-refractivity contribution is 0.162. The summed E-state index contributed by atoms with van der Waals surface area (Å²) in [6.07, 6.45) is 5.74. The first-order valence-corrected chi connectivity index (χ1v) is 5.12. The predicted octanol–water partition coefficient (Wildman–Crippen LogP) is 2.82. The Kier molecular flexibility index (Phi) is 9.10. The predicted molar refractivity (Wildman–Crippen MR) is 54.5 cm³/mol. The second-order valence-electron chi connectivity index (χ2n) is 3.01. The molecule has 0 bridgehead atoms. The number of hydrogen-bond donors (Lipinski definition) is 1. The van der Waals surface area contributed by atoms with Gasteiger partial charge in [0.1, 0.15) is 0 Å². The number of ether oxygens (including phenoxy) is 1. The molecular weight excluding hydrogens is 166 g/mol. The number of rotatable bonds is 2. The molecule has 1 saturated carbocycles. The highest BCUT2D eigenvalue weighted by atomic mass is 16.5. The molecule has 0 heterocycles. The zero-order chi connectivity index (χ0) is 9.94. The number of hydrogen-bond acceptors (Lipinski definition) is 3. The van der Waals surface area contributed by atoms with Crippen LogP contribution in [-0.4, -0.2) is 24.1 Å². The smallest absolute Gasteiger partial charge is 0.0570 e. The monoisotopic (exact) mass is 187 g/mol. The fraction of sp³-hybridized carbons (Fsp3) is 0.900. The zero-order valence-electron chi connectivity index (χ0n) is 8.75. The average molecular weight is 187 g/mol. The minimum Gasteiger partial charge on any atom is -0.411 e. The van der Waals surface area contributed by atoms with Crippen LogP contribution in [0.15, 0.2) is 5.16 Å². The van der Waals surface area contributed by atoms with Crippen LogP contribution in [0.3, 0.4) is 0 Å². The van der Waals surface area contributed by atoms with Crippen molar-refractivity contribution in [3.05, 3.63) is 0 Å². The molecule has 0 atom stereocenters. The molecule has 0 spiro atoms. The summed E-state index contributed by atoms with van der Waals surface area (Å²) in [5.74, 6) is 0. The van der Waals surface area contributed by atoms with E-state index in [1.165, 1.54) is 19.3 Å². The second kappa shape index (κ2) is 9.52. The fourth-order valence-electron chi connectivity index (χ4n) is 1.26. The summed E-state index contributed by atoms with van der Waals surface area (Å²) < 4.78 is 4.83. The Morgan fingerprint density at radius 2 is 1.69 bits per heavy atom. The van der Waals surface area contributed by atoms with Gasteiger partial charge in [0, 0.05) is 13.2 Å². The molecule has 0 aromatic heterocycles. The highest BCUT2D eigenvalue weighted by molar-refractivity contribution is 5.84. The van der Waals surface area contributed by atoms with E-state index in [2.05, 4.69) is 5.16 Å². The summed E-state index contributed by atoms with van der Waals surface area (Å²) in [5.41, 5.74) is 0.983. The fourth-order valence-corrected chi connectivity index (χ4v) is 1.26. The van der Waals surface area contributed by atoms with Gasteiger partial charge in [0.15, 0.2) is 0 Å². The van der Waals surface area contributed by atoms with Crippen molar-refractivity contribution in [1.82, 2.24) is 0 Å². The molecule has 0 aliphatic heterocycles. The van der Waals surface area contributed by atoms with Crippen molar-refractivity contribution < 1.29 is 9.94 Å². The summed E-state index contributed by atoms with van der Waals surface area (Å²) in [6.45, 7) is 5.67. The van der Waals surface area contributed by atoms with Crippen LogP contribution >= 0.6 is 0 Å². The van der Waals surface area contributed by atoms with Crippen LogP contribution in [0, 0.1) is 0 Å². The maximum absolute atomic E-state index is 8.28. The normalized spacial score (nSPS) is 16.0. The van der Waals surface area contributed by atoms with Crippen molar-refractivity contribution in [3.8, 4) is 0 Å². The molecule has 3 nitrogen and oxygen atoms in total. The third-order valence-corrected chi connectivity index (χ3v) is 1.98. The molecule has 0 unspecified atom stereocenters. The van der Waals surface area contributed by atoms with Crippen molar-refractivity contribution in [2.45, 2.75) is 46.0 Å². The van der Waals surface area contributed by atoms with Gasteiger partial charge in [-0.15, -0.1) is 0 Å². The Morgan fingerprint density at radius 1 is 1.15 bits per heavy atom. The first-order valence-electron chi connectivity index (χ1n) is 5.12. The van der Waals surface area contributed by atoms with Crippen molar-refractivity contribution in [2.24, 2.45) is 5.16 Å². The molecule has 0 aromatic carbocycles. The quantitative estimate of drug-likeness (QED) is 0.533. The largest absolute Gasteiger partial charge is 0.411 e. The van der Waals surface area contributed by atoms with Crippen molar-refractivity contribution in [2.75, 3.05) is 13.2 Å². The maximum atomic E-state index is 8.28. The van der Waals surface area contributed by atoms with E-state index < -0.39 is 0 Å². The third kappa shape index (κ3) is 7.78. The van der Waals surface area contributed by atoms with E-state index in [1.807, 2.05) is 13.8 Å². The molecule has 13 heavy (non-hydrogen) atoms. The summed E-state index contributed by atoms with van der Waals surface area (Å²) in [5, 5.41) is 11.4. The zero-order valence-corrected chi connectivity index (χ0v) is 8.75. The van der Waals surface area contributed by atoms with Gasteiger partial charge in [-0.3, -0.25) is 0 Å². The standard InChI is InChI=1S/C6H11NO.C4H10O/c8-7-6-4-2-1-3-5-6;1-3-5-4-2/h8H,1-5H2;3-4H2,1-2H3. The van der Waals surface area contributed by atoms with Crippen LogP contribution in [-0.2, 0) is 4.74 Å². The molecule has 1 N–H and O–H groups in total. The van der Waals surface area contributed by atoms with Crippen LogP contribution in [0.1, 0.15) is 46.0 Å². The highest BCUT2D eigenvalue weighted by Gasteiger charge is 2.05. The Labute approximate surface area is 80.8 Å². The van der Waals surface area contributed by atoms with Gasteiger partial charge in [-0.05, 0) is 39.5 Å². The van der Waals surface area contributed by atoms with Gasteiger partial charge in [-0.1, -0.05) is 11.6 Å². The molecule has 78 valence electrons. The minimum atomic E-state index is 0.844. The molecule has 0 aromatic rings. The first-order chi connectivity index (χ1) is 6.35. The Balaban J connectivity index is 0.000000252. The lowest BCUT2D eigenvalue weighted by Crippen LogP contribution is -2.03. The Morgan fingerprint density at radius 3 is 1.92 bits per heavy atom. The summed E-state index contributed by atoms with van der Waals surface area (Å²) >= 11 is 0. The van der Waals surface area contributed by atoms with E-state index in [4.69, 9.17) is 9.94 Å². The maximum Gasteiger partial charge on any atom is 0.0570 e. The minimum absolute atomic E-state index is 0.844. The van der Waals surface area contributed by atoms with E-state index in [1.54, 1.807) is 0 Å². The van der Waals surface area contributed by atoms with Gasteiger partial charge >= 0.3 is 0 Å². The topological polar surface area (TPSA) is 41.8 Å². The van der Waals surface area contributed by atoms with Crippen molar-refractivity contribution in [1.29, 1.82) is 0 Å². The molecule has 1 rings (SSSR count). The van der Waals surface area contributed by atoms with Crippen LogP contribution in [0.25, 0.3) is 0 Å². The lowest BCUT2D eigenvalue weighted by Gasteiger charge is -2.08. The van der Waals surface area contributed by atoms with Gasteiger partial charge in [0.05, 0.1) is 5.71 Å². The van der Waals surface area contributed by atoms with Gasteiger partial charge in [-0.2, -0.15) is 0 Å². The molecule has 3 heteroatoms. The van der Waals surface area contributed by atoms with Gasteiger partial charge < -0.3 is 9.94 Å². The first kappa shape index (κ1) is 12.4. The van der Waals surface area contributed by atoms with Crippen LogP contribution < -0.4 is 0 Å². The third-order valence-electron chi connectivity index (χ3n) is 1.98. The molecule has 1 fully saturated rings. The molecular formula is C10H21NO2. The Hall–Kier alpha value is -0.570. The van der Waals surface area contributed by atoms with Gasteiger partial charge in [0.2, 0.25) is 0 Å². The number of oxime groups is 1.